The molecule has 0 amide bonds. The maximum Gasteiger partial charge on any atom is 1.00 e. The van der Waals surface area contributed by atoms with Gasteiger partial charge in [0.2, 0.25) is 0 Å². The Morgan fingerprint density at radius 2 is 1.23 bits per heavy atom. The Morgan fingerprint density at radius 3 is 1.73 bits per heavy atom. The summed E-state index contributed by atoms with van der Waals surface area (Å²) in [6.45, 7) is 4.44. The average Bonchev–Trinajstić information content (AvgIpc) is 2.59. The van der Waals surface area contributed by atoms with E-state index in [1.165, 1.54) is 81.9 Å². The molecule has 1 aromatic rings. The van der Waals surface area contributed by atoms with Gasteiger partial charge in [-0.3, -0.25) is 0 Å². The standard InChI is InChI=1S/C21H36O3S.Na/c1-3-5-7-8-9-10-11-12-14-19(13-6-4-2)20-15-17-21(18-16-20)25(22,23)24;/h15-19H,3-14H2,1-2H3,(H,22,23,24);/q;+1/p-1. The number of unbranched alkanes of at least 4 members (excludes halogenated alkanes) is 8. The van der Waals surface area contributed by atoms with Gasteiger partial charge < -0.3 is 4.55 Å². The van der Waals surface area contributed by atoms with Crippen LogP contribution in [0.5, 0.6) is 0 Å². The van der Waals surface area contributed by atoms with Crippen molar-refractivity contribution in [1.29, 1.82) is 0 Å². The molecule has 26 heavy (non-hydrogen) atoms. The smallest absolute Gasteiger partial charge is 0.744 e. The average molecular weight is 391 g/mol. The minimum atomic E-state index is -4.35. The Kier molecular flexibility index (Phi) is 15.2. The molecule has 144 valence electrons. The van der Waals surface area contributed by atoms with Crippen LogP contribution in [0.4, 0.5) is 0 Å². The largest absolute Gasteiger partial charge is 1.00 e. The fourth-order valence-electron chi connectivity index (χ4n) is 3.36. The monoisotopic (exact) mass is 390 g/mol. The number of rotatable bonds is 14. The van der Waals surface area contributed by atoms with Crippen LogP contribution >= 0.6 is 0 Å². The van der Waals surface area contributed by atoms with E-state index in [1.807, 2.05) is 12.1 Å². The molecule has 0 aromatic heterocycles. The fraction of sp³-hybridized carbons (Fsp3) is 0.714. The SMILES string of the molecule is CCCCCCCCCCC(CCCC)c1ccc(S(=O)(=O)[O-])cc1.[Na+]. The van der Waals surface area contributed by atoms with E-state index in [2.05, 4.69) is 13.8 Å². The van der Waals surface area contributed by atoms with Crippen molar-refractivity contribution in [1.82, 2.24) is 0 Å². The summed E-state index contributed by atoms with van der Waals surface area (Å²) < 4.78 is 33.2. The molecule has 0 spiro atoms. The molecule has 0 bridgehead atoms. The molecule has 0 fully saturated rings. The zero-order valence-electron chi connectivity index (χ0n) is 17.0. The summed E-state index contributed by atoms with van der Waals surface area (Å²) in [5.74, 6) is 0.475. The van der Waals surface area contributed by atoms with E-state index in [4.69, 9.17) is 0 Å². The molecule has 0 saturated heterocycles. The Balaban J connectivity index is 0.00000625. The molecule has 0 N–H and O–H groups in total. The first-order chi connectivity index (χ1) is 12.0. The molecule has 5 heteroatoms. The summed E-state index contributed by atoms with van der Waals surface area (Å²) in [4.78, 5) is -0.127. The maximum absolute atomic E-state index is 11.1. The number of hydrogen-bond donors (Lipinski definition) is 0. The van der Waals surface area contributed by atoms with Crippen LogP contribution in [0.2, 0.25) is 0 Å². The molecule has 1 aromatic carbocycles. The van der Waals surface area contributed by atoms with Crippen LogP contribution in [-0.2, 0) is 10.1 Å². The Hall–Kier alpha value is 0.130. The van der Waals surface area contributed by atoms with Crippen LogP contribution in [-0.4, -0.2) is 13.0 Å². The van der Waals surface area contributed by atoms with E-state index in [0.717, 1.165) is 12.8 Å². The number of benzene rings is 1. The molecule has 0 radical (unpaired) electrons. The van der Waals surface area contributed by atoms with Crippen molar-refractivity contribution in [2.75, 3.05) is 0 Å². The molecule has 1 atom stereocenters. The minimum absolute atomic E-state index is 0. The number of hydrogen-bond acceptors (Lipinski definition) is 3. The van der Waals surface area contributed by atoms with Crippen LogP contribution in [0.3, 0.4) is 0 Å². The van der Waals surface area contributed by atoms with E-state index in [9.17, 15) is 13.0 Å². The van der Waals surface area contributed by atoms with Gasteiger partial charge in [0.1, 0.15) is 10.1 Å². The van der Waals surface area contributed by atoms with Gasteiger partial charge in [-0.25, -0.2) is 8.42 Å². The molecule has 1 unspecified atom stereocenters. The Labute approximate surface area is 183 Å². The van der Waals surface area contributed by atoms with Crippen molar-refractivity contribution >= 4 is 10.1 Å². The Bertz CT molecular complexity index is 555. The van der Waals surface area contributed by atoms with Crippen LogP contribution in [0, 0.1) is 0 Å². The van der Waals surface area contributed by atoms with E-state index in [0.29, 0.717) is 5.92 Å². The quantitative estimate of drug-likeness (QED) is 0.278. The molecule has 0 heterocycles. The van der Waals surface area contributed by atoms with Gasteiger partial charge in [0.05, 0.1) is 4.90 Å². The van der Waals surface area contributed by atoms with Crippen LogP contribution in [0.15, 0.2) is 29.2 Å². The van der Waals surface area contributed by atoms with Gasteiger partial charge in [-0.2, -0.15) is 0 Å². The fourth-order valence-corrected chi connectivity index (χ4v) is 3.83. The van der Waals surface area contributed by atoms with Crippen molar-refractivity contribution in [3.05, 3.63) is 29.8 Å². The van der Waals surface area contributed by atoms with E-state index >= 15 is 0 Å². The maximum atomic E-state index is 11.1. The first kappa shape index (κ1) is 26.1. The normalized spacial score (nSPS) is 12.6. The molecular weight excluding hydrogens is 355 g/mol. The summed E-state index contributed by atoms with van der Waals surface area (Å²) >= 11 is 0. The first-order valence-electron chi connectivity index (χ1n) is 10.0. The predicted molar refractivity (Wildman–Crippen MR) is 104 cm³/mol. The van der Waals surface area contributed by atoms with Crippen molar-refractivity contribution in [2.24, 2.45) is 0 Å². The molecular formula is C21H35NaO3S. The summed E-state index contributed by atoms with van der Waals surface area (Å²) in [7, 11) is -4.35. The van der Waals surface area contributed by atoms with Crippen LogP contribution in [0.25, 0.3) is 0 Å². The van der Waals surface area contributed by atoms with E-state index in [-0.39, 0.29) is 34.5 Å². The molecule has 0 aliphatic carbocycles. The third kappa shape index (κ3) is 11.1. The molecule has 0 aliphatic heterocycles. The van der Waals surface area contributed by atoms with Crippen LogP contribution in [0.1, 0.15) is 102 Å². The predicted octanol–water partition coefficient (Wildman–Crippen LogP) is 3.40. The molecule has 0 saturated carbocycles. The van der Waals surface area contributed by atoms with Gasteiger partial charge in [0, 0.05) is 0 Å². The van der Waals surface area contributed by atoms with Gasteiger partial charge in [-0.15, -0.1) is 0 Å². The van der Waals surface area contributed by atoms with Crippen molar-refractivity contribution in [3.8, 4) is 0 Å². The summed E-state index contributed by atoms with van der Waals surface area (Å²) in [6.07, 6.45) is 15.2. The summed E-state index contributed by atoms with van der Waals surface area (Å²) in [5.41, 5.74) is 1.17. The third-order valence-corrected chi connectivity index (χ3v) is 5.80. The van der Waals surface area contributed by atoms with Crippen molar-refractivity contribution in [3.63, 3.8) is 0 Å². The summed E-state index contributed by atoms with van der Waals surface area (Å²) in [5, 5.41) is 0. The topological polar surface area (TPSA) is 57.2 Å². The molecule has 0 aliphatic rings. The van der Waals surface area contributed by atoms with Gasteiger partial charge in [-0.1, -0.05) is 90.2 Å². The van der Waals surface area contributed by atoms with Crippen molar-refractivity contribution < 1.29 is 42.5 Å². The molecule has 3 nitrogen and oxygen atoms in total. The minimum Gasteiger partial charge on any atom is -0.744 e. The van der Waals surface area contributed by atoms with Crippen LogP contribution < -0.4 is 29.6 Å². The van der Waals surface area contributed by atoms with Gasteiger partial charge in [0.15, 0.2) is 0 Å². The zero-order valence-corrected chi connectivity index (χ0v) is 19.8. The van der Waals surface area contributed by atoms with E-state index in [1.54, 1.807) is 0 Å². The van der Waals surface area contributed by atoms with Gasteiger partial charge in [0.25, 0.3) is 0 Å². The second kappa shape index (κ2) is 15.1. The van der Waals surface area contributed by atoms with Gasteiger partial charge in [-0.05, 0) is 36.5 Å². The van der Waals surface area contributed by atoms with E-state index < -0.39 is 10.1 Å². The summed E-state index contributed by atoms with van der Waals surface area (Å²) in [6, 6.07) is 6.58. The Morgan fingerprint density at radius 1 is 0.769 bits per heavy atom. The second-order valence-corrected chi connectivity index (χ2v) is 8.51. The first-order valence-corrected chi connectivity index (χ1v) is 11.5. The zero-order chi connectivity index (χ0) is 18.5. The second-order valence-electron chi connectivity index (χ2n) is 7.13. The van der Waals surface area contributed by atoms with Gasteiger partial charge >= 0.3 is 29.6 Å². The molecule has 1 rings (SSSR count). The third-order valence-electron chi connectivity index (χ3n) is 4.95. The van der Waals surface area contributed by atoms with Crippen molar-refractivity contribution in [2.45, 2.75) is 102 Å².